The lowest BCUT2D eigenvalue weighted by molar-refractivity contribution is 0.0748. The highest BCUT2D eigenvalue weighted by atomic mass is 32.1. The Bertz CT molecular complexity index is 1240. The van der Waals surface area contributed by atoms with E-state index in [2.05, 4.69) is 9.97 Å². The fourth-order valence-corrected chi connectivity index (χ4v) is 4.50. The van der Waals surface area contributed by atoms with Crippen LogP contribution in [0.1, 0.15) is 33.5 Å². The number of aromatic nitrogens is 3. The molecule has 29 heavy (non-hydrogen) atoms. The lowest BCUT2D eigenvalue weighted by atomic mass is 10.1. The number of hydrogen-bond donors (Lipinski definition) is 1. The average Bonchev–Trinajstić information content (AvgIpc) is 3.34. The Morgan fingerprint density at radius 3 is 2.62 bits per heavy atom. The molecule has 3 aromatic heterocycles. The normalized spacial score (nSPS) is 11.1. The fraction of sp³-hybridized carbons (Fsp3) is 0.227. The van der Waals surface area contributed by atoms with E-state index in [0.29, 0.717) is 28.8 Å². The first-order chi connectivity index (χ1) is 14.0. The van der Waals surface area contributed by atoms with E-state index in [1.54, 1.807) is 22.3 Å². The molecule has 7 heteroatoms. The van der Waals surface area contributed by atoms with Gasteiger partial charge in [-0.25, -0.2) is 4.98 Å². The minimum Gasteiger partial charge on any atom is -0.331 e. The molecule has 6 nitrogen and oxygen atoms in total. The third-order valence-corrected chi connectivity index (χ3v) is 6.31. The zero-order valence-electron chi connectivity index (χ0n) is 16.6. The van der Waals surface area contributed by atoms with Crippen LogP contribution in [0.4, 0.5) is 0 Å². The SMILES string of the molecule is CCN(Cc1nc2ccccc2c(=O)[nH]1)C(=O)c1c(-n2cccc2)sc(C)c1C. The first-order valence-electron chi connectivity index (χ1n) is 9.50. The summed E-state index contributed by atoms with van der Waals surface area (Å²) in [6.45, 7) is 6.70. The molecule has 0 saturated heterocycles. The molecule has 0 saturated carbocycles. The van der Waals surface area contributed by atoms with Crippen molar-refractivity contribution in [2.24, 2.45) is 0 Å². The summed E-state index contributed by atoms with van der Waals surface area (Å²) in [7, 11) is 0. The first kappa shape index (κ1) is 19.1. The van der Waals surface area contributed by atoms with Crippen molar-refractivity contribution >= 4 is 28.1 Å². The van der Waals surface area contributed by atoms with Crippen molar-refractivity contribution < 1.29 is 4.79 Å². The number of hydrogen-bond acceptors (Lipinski definition) is 4. The number of amides is 1. The van der Waals surface area contributed by atoms with E-state index < -0.39 is 0 Å². The van der Waals surface area contributed by atoms with Gasteiger partial charge < -0.3 is 14.5 Å². The van der Waals surface area contributed by atoms with Crippen LogP contribution >= 0.6 is 11.3 Å². The molecule has 0 fully saturated rings. The number of benzene rings is 1. The van der Waals surface area contributed by atoms with Crippen LogP contribution in [-0.2, 0) is 6.54 Å². The second kappa shape index (κ2) is 7.67. The predicted molar refractivity (Wildman–Crippen MR) is 116 cm³/mol. The van der Waals surface area contributed by atoms with Crippen molar-refractivity contribution in [3.05, 3.63) is 81.0 Å². The number of thiophene rings is 1. The Hall–Kier alpha value is -3.19. The van der Waals surface area contributed by atoms with Crippen LogP contribution in [-0.4, -0.2) is 31.9 Å². The van der Waals surface area contributed by atoms with Gasteiger partial charge in [-0.05, 0) is 50.6 Å². The van der Waals surface area contributed by atoms with Crippen LogP contribution in [0, 0.1) is 13.8 Å². The van der Waals surface area contributed by atoms with Gasteiger partial charge in [-0.15, -0.1) is 11.3 Å². The van der Waals surface area contributed by atoms with Gasteiger partial charge in [0.2, 0.25) is 0 Å². The van der Waals surface area contributed by atoms with E-state index in [1.807, 2.05) is 68.1 Å². The summed E-state index contributed by atoms with van der Waals surface area (Å²) in [5.74, 6) is 0.421. The van der Waals surface area contributed by atoms with Gasteiger partial charge in [0.15, 0.2) is 0 Å². The highest BCUT2D eigenvalue weighted by Crippen LogP contribution is 2.32. The molecule has 0 aliphatic carbocycles. The van der Waals surface area contributed by atoms with Crippen LogP contribution < -0.4 is 5.56 Å². The van der Waals surface area contributed by atoms with E-state index in [1.165, 1.54) is 0 Å². The number of aromatic amines is 1. The summed E-state index contributed by atoms with van der Waals surface area (Å²) >= 11 is 1.61. The summed E-state index contributed by atoms with van der Waals surface area (Å²) in [5.41, 5.74) is 2.13. The maximum Gasteiger partial charge on any atom is 0.258 e. The van der Waals surface area contributed by atoms with Crippen LogP contribution in [0.5, 0.6) is 0 Å². The Labute approximate surface area is 172 Å². The Morgan fingerprint density at radius 1 is 1.17 bits per heavy atom. The monoisotopic (exact) mass is 406 g/mol. The molecule has 1 N–H and O–H groups in total. The van der Waals surface area contributed by atoms with Gasteiger partial charge in [-0.3, -0.25) is 9.59 Å². The smallest absolute Gasteiger partial charge is 0.258 e. The lowest BCUT2D eigenvalue weighted by Gasteiger charge is -2.21. The van der Waals surface area contributed by atoms with Gasteiger partial charge >= 0.3 is 0 Å². The van der Waals surface area contributed by atoms with E-state index >= 15 is 0 Å². The summed E-state index contributed by atoms with van der Waals surface area (Å²) in [5, 5.41) is 1.46. The van der Waals surface area contributed by atoms with Crippen LogP contribution in [0.25, 0.3) is 15.9 Å². The standard InChI is InChI=1S/C22H22N4O2S/c1-4-25(13-18-23-17-10-6-5-9-16(17)20(27)24-18)21(28)19-14(2)15(3)29-22(19)26-11-7-8-12-26/h5-12H,4,13H2,1-3H3,(H,23,24,27). The molecule has 4 aromatic rings. The van der Waals surface area contributed by atoms with Crippen LogP contribution in [0.2, 0.25) is 0 Å². The number of para-hydroxylation sites is 1. The molecule has 0 aliphatic rings. The lowest BCUT2D eigenvalue weighted by Crippen LogP contribution is -2.32. The van der Waals surface area contributed by atoms with Crippen molar-refractivity contribution in [3.8, 4) is 5.00 Å². The van der Waals surface area contributed by atoms with Gasteiger partial charge in [0.25, 0.3) is 11.5 Å². The maximum atomic E-state index is 13.5. The average molecular weight is 407 g/mol. The van der Waals surface area contributed by atoms with Crippen molar-refractivity contribution in [3.63, 3.8) is 0 Å². The fourth-order valence-electron chi connectivity index (χ4n) is 3.39. The third-order valence-electron chi connectivity index (χ3n) is 5.09. The number of rotatable bonds is 5. The van der Waals surface area contributed by atoms with Crippen LogP contribution in [0.15, 0.2) is 53.6 Å². The van der Waals surface area contributed by atoms with Crippen LogP contribution in [0.3, 0.4) is 0 Å². The molecule has 0 bridgehead atoms. The molecule has 0 spiro atoms. The molecule has 0 atom stereocenters. The molecule has 1 aromatic carbocycles. The number of H-pyrrole nitrogens is 1. The minimum atomic E-state index is -0.190. The predicted octanol–water partition coefficient (Wildman–Crippen LogP) is 4.05. The van der Waals surface area contributed by atoms with Crippen molar-refractivity contribution in [2.45, 2.75) is 27.3 Å². The summed E-state index contributed by atoms with van der Waals surface area (Å²) < 4.78 is 1.97. The quantitative estimate of drug-likeness (QED) is 0.543. The Kier molecular flexibility index (Phi) is 5.07. The number of aryl methyl sites for hydroxylation is 1. The topological polar surface area (TPSA) is 71.0 Å². The second-order valence-electron chi connectivity index (χ2n) is 6.90. The van der Waals surface area contributed by atoms with Gasteiger partial charge in [0.05, 0.1) is 23.0 Å². The number of nitrogens with one attached hydrogen (secondary N) is 1. The molecule has 0 aliphatic heterocycles. The number of carbonyl (C=O) groups is 1. The minimum absolute atomic E-state index is 0.0612. The molecule has 0 unspecified atom stereocenters. The molecular weight excluding hydrogens is 384 g/mol. The Balaban J connectivity index is 1.71. The first-order valence-corrected chi connectivity index (χ1v) is 10.3. The zero-order chi connectivity index (χ0) is 20.5. The van der Waals surface area contributed by atoms with Crippen molar-refractivity contribution in [2.75, 3.05) is 6.54 Å². The molecular formula is C22H22N4O2S. The number of fused-ring (bicyclic) bond motifs is 1. The zero-order valence-corrected chi connectivity index (χ0v) is 17.4. The molecule has 0 radical (unpaired) electrons. The van der Waals surface area contributed by atoms with Gasteiger partial charge in [-0.2, -0.15) is 0 Å². The molecule has 1 amide bonds. The summed E-state index contributed by atoms with van der Waals surface area (Å²) in [4.78, 5) is 36.1. The Morgan fingerprint density at radius 2 is 1.90 bits per heavy atom. The molecule has 4 rings (SSSR count). The highest BCUT2D eigenvalue weighted by molar-refractivity contribution is 7.15. The summed E-state index contributed by atoms with van der Waals surface area (Å²) in [6.07, 6.45) is 3.89. The van der Waals surface area contributed by atoms with E-state index in [0.717, 1.165) is 15.4 Å². The second-order valence-corrected chi connectivity index (χ2v) is 8.11. The van der Waals surface area contributed by atoms with E-state index in [-0.39, 0.29) is 18.0 Å². The van der Waals surface area contributed by atoms with Gasteiger partial charge in [-0.1, -0.05) is 12.1 Å². The molecule has 148 valence electrons. The van der Waals surface area contributed by atoms with Gasteiger partial charge in [0, 0.05) is 23.8 Å². The van der Waals surface area contributed by atoms with Crippen molar-refractivity contribution in [1.82, 2.24) is 19.4 Å². The highest BCUT2D eigenvalue weighted by Gasteiger charge is 2.25. The number of carbonyl (C=O) groups excluding carboxylic acids is 1. The van der Waals surface area contributed by atoms with E-state index in [4.69, 9.17) is 0 Å². The van der Waals surface area contributed by atoms with Gasteiger partial charge in [0.1, 0.15) is 10.8 Å². The van der Waals surface area contributed by atoms with Crippen molar-refractivity contribution in [1.29, 1.82) is 0 Å². The third kappa shape index (κ3) is 3.49. The summed E-state index contributed by atoms with van der Waals surface area (Å²) in [6, 6.07) is 11.1. The largest absolute Gasteiger partial charge is 0.331 e. The number of nitrogens with zero attached hydrogens (tertiary/aromatic N) is 3. The maximum absolute atomic E-state index is 13.5. The molecule has 3 heterocycles. The van der Waals surface area contributed by atoms with E-state index in [9.17, 15) is 9.59 Å².